The van der Waals surface area contributed by atoms with Gasteiger partial charge in [-0.25, -0.2) is 0 Å². The molecule has 0 aliphatic rings. The maximum absolute atomic E-state index is 6.38. The van der Waals surface area contributed by atoms with E-state index in [1.165, 1.54) is 11.1 Å². The van der Waals surface area contributed by atoms with Crippen LogP contribution in [0.1, 0.15) is 55.5 Å². The van der Waals surface area contributed by atoms with E-state index in [1.54, 1.807) is 7.11 Å². The van der Waals surface area contributed by atoms with Crippen molar-refractivity contribution in [3.63, 3.8) is 0 Å². The Balaban J connectivity index is 2.41. The van der Waals surface area contributed by atoms with Crippen molar-refractivity contribution in [3.05, 3.63) is 64.2 Å². The molecule has 3 aromatic carbocycles. The van der Waals surface area contributed by atoms with Gasteiger partial charge in [-0.15, -0.1) is 0 Å². The monoisotopic (exact) mass is 602 g/mol. The molecule has 0 fully saturated rings. The molecule has 0 heterocycles. The number of rotatable bonds is 9. The topological polar surface area (TPSA) is 27.7 Å². The second-order valence-corrected chi connectivity index (χ2v) is 10.7. The van der Waals surface area contributed by atoms with Crippen molar-refractivity contribution < 1.29 is 14.2 Å². The van der Waals surface area contributed by atoms with Gasteiger partial charge < -0.3 is 14.2 Å². The van der Waals surface area contributed by atoms with E-state index in [2.05, 4.69) is 117 Å². The minimum absolute atomic E-state index is 0.0498. The van der Waals surface area contributed by atoms with Gasteiger partial charge in [-0.05, 0) is 89.4 Å². The highest BCUT2D eigenvalue weighted by molar-refractivity contribution is 9.08. The number of benzene rings is 3. The molecule has 0 radical (unpaired) electrons. The summed E-state index contributed by atoms with van der Waals surface area (Å²) in [7, 11) is 1.74. The van der Waals surface area contributed by atoms with Crippen LogP contribution in [0.5, 0.6) is 17.2 Å². The molecule has 3 nitrogen and oxygen atoms in total. The SMILES string of the molecule is COc1c(-c2cc(C)cc(CBr)c2OC(C)C)cc(C)cc1-c1cc(C)cc(CBr)c1OC(C)C. The first-order valence-electron chi connectivity index (χ1n) is 12.0. The molecule has 0 saturated carbocycles. The summed E-state index contributed by atoms with van der Waals surface area (Å²) in [6.45, 7) is 14.6. The zero-order chi connectivity index (χ0) is 25.9. The van der Waals surface area contributed by atoms with Gasteiger partial charge in [-0.2, -0.15) is 0 Å². The van der Waals surface area contributed by atoms with E-state index < -0.39 is 0 Å². The molecule has 3 rings (SSSR count). The standard InChI is InChI=1S/C30H36Br2O3/c1-17(2)34-28-22(15-31)9-19(5)11-24(28)26-13-21(7)14-27(30(26)33-8)25-12-20(6)10-23(16-32)29(25)35-18(3)4/h9-14,17-18H,15-16H2,1-8H3. The van der Waals surface area contributed by atoms with Gasteiger partial charge >= 0.3 is 0 Å². The average molecular weight is 604 g/mol. The van der Waals surface area contributed by atoms with Gasteiger partial charge in [0, 0.05) is 44.0 Å². The van der Waals surface area contributed by atoms with Crippen LogP contribution in [0.4, 0.5) is 0 Å². The van der Waals surface area contributed by atoms with Gasteiger partial charge in [0.05, 0.1) is 19.3 Å². The summed E-state index contributed by atoms with van der Waals surface area (Å²) in [5.41, 5.74) is 9.85. The maximum atomic E-state index is 6.38. The van der Waals surface area contributed by atoms with Crippen molar-refractivity contribution >= 4 is 31.9 Å². The highest BCUT2D eigenvalue weighted by Gasteiger charge is 2.23. The molecule has 0 amide bonds. The first-order chi connectivity index (χ1) is 16.6. The average Bonchev–Trinajstić information content (AvgIpc) is 2.79. The molecular formula is C30H36Br2O3. The van der Waals surface area contributed by atoms with Crippen molar-refractivity contribution in [2.45, 2.75) is 71.3 Å². The number of hydrogen-bond acceptors (Lipinski definition) is 3. The number of hydrogen-bond donors (Lipinski definition) is 0. The van der Waals surface area contributed by atoms with Crippen LogP contribution in [-0.2, 0) is 10.7 Å². The van der Waals surface area contributed by atoms with Crippen LogP contribution in [0.15, 0.2) is 36.4 Å². The lowest BCUT2D eigenvalue weighted by Gasteiger charge is -2.24. The van der Waals surface area contributed by atoms with E-state index in [-0.39, 0.29) is 12.2 Å². The lowest BCUT2D eigenvalue weighted by molar-refractivity contribution is 0.241. The van der Waals surface area contributed by atoms with Crippen molar-refractivity contribution in [2.24, 2.45) is 0 Å². The highest BCUT2D eigenvalue weighted by atomic mass is 79.9. The Morgan fingerprint density at radius 3 is 1.17 bits per heavy atom. The van der Waals surface area contributed by atoms with Gasteiger partial charge in [0.15, 0.2) is 0 Å². The third kappa shape index (κ3) is 6.24. The van der Waals surface area contributed by atoms with E-state index in [1.807, 2.05) is 0 Å². The van der Waals surface area contributed by atoms with Gasteiger partial charge in [0.1, 0.15) is 17.2 Å². The normalized spacial score (nSPS) is 11.3. The van der Waals surface area contributed by atoms with Gasteiger partial charge in [0.2, 0.25) is 0 Å². The van der Waals surface area contributed by atoms with E-state index in [4.69, 9.17) is 14.2 Å². The summed E-state index contributed by atoms with van der Waals surface area (Å²) in [6.07, 6.45) is 0.0997. The fourth-order valence-corrected chi connectivity index (χ4v) is 5.27. The van der Waals surface area contributed by atoms with Crippen LogP contribution in [0.25, 0.3) is 22.3 Å². The molecule has 0 aromatic heterocycles. The van der Waals surface area contributed by atoms with Gasteiger partial charge in [0.25, 0.3) is 0 Å². The molecule has 0 aliphatic heterocycles. The van der Waals surface area contributed by atoms with Crippen molar-refractivity contribution in [1.82, 2.24) is 0 Å². The summed E-state index contributed by atoms with van der Waals surface area (Å²) in [5.74, 6) is 2.60. The Labute approximate surface area is 227 Å². The summed E-state index contributed by atoms with van der Waals surface area (Å²) >= 11 is 7.33. The Hall–Kier alpha value is -1.98. The Bertz CT molecular complexity index is 1110. The van der Waals surface area contributed by atoms with Crippen LogP contribution in [0, 0.1) is 20.8 Å². The van der Waals surface area contributed by atoms with Gasteiger partial charge in [-0.3, -0.25) is 0 Å². The molecule has 0 aliphatic carbocycles. The van der Waals surface area contributed by atoms with E-state index in [9.17, 15) is 0 Å². The summed E-state index contributed by atoms with van der Waals surface area (Å²) in [6, 6.07) is 13.1. The molecule has 0 bridgehead atoms. The molecule has 188 valence electrons. The lowest BCUT2D eigenvalue weighted by Crippen LogP contribution is -2.10. The summed E-state index contributed by atoms with van der Waals surface area (Å²) < 4.78 is 18.9. The van der Waals surface area contributed by atoms with Crippen molar-refractivity contribution in [1.29, 1.82) is 0 Å². The number of halogens is 2. The Morgan fingerprint density at radius 1 is 0.571 bits per heavy atom. The predicted molar refractivity (Wildman–Crippen MR) is 155 cm³/mol. The molecular weight excluding hydrogens is 568 g/mol. The zero-order valence-corrected chi connectivity index (χ0v) is 25.2. The van der Waals surface area contributed by atoms with Crippen LogP contribution in [-0.4, -0.2) is 19.3 Å². The first kappa shape index (κ1) is 27.6. The van der Waals surface area contributed by atoms with Crippen molar-refractivity contribution in [2.75, 3.05) is 7.11 Å². The molecule has 0 N–H and O–H groups in total. The van der Waals surface area contributed by atoms with Crippen LogP contribution in [0.2, 0.25) is 0 Å². The van der Waals surface area contributed by atoms with E-state index in [0.29, 0.717) is 10.7 Å². The fraction of sp³-hybridized carbons (Fsp3) is 0.400. The maximum Gasteiger partial charge on any atom is 0.134 e. The second kappa shape index (κ2) is 11.8. The number of methoxy groups -OCH3 is 1. The first-order valence-corrected chi connectivity index (χ1v) is 14.3. The smallest absolute Gasteiger partial charge is 0.134 e. The van der Waals surface area contributed by atoms with Crippen LogP contribution < -0.4 is 14.2 Å². The minimum atomic E-state index is 0.0498. The van der Waals surface area contributed by atoms with Gasteiger partial charge in [-0.1, -0.05) is 44.0 Å². The zero-order valence-electron chi connectivity index (χ0n) is 22.0. The predicted octanol–water partition coefficient (Wildman–Crippen LogP) is 9.32. The second-order valence-electron chi connectivity index (χ2n) is 9.60. The third-order valence-electron chi connectivity index (χ3n) is 5.63. The Kier molecular flexibility index (Phi) is 9.34. The molecule has 5 heteroatoms. The molecule has 0 unspecified atom stereocenters. The third-order valence-corrected chi connectivity index (χ3v) is 6.84. The fourth-order valence-electron chi connectivity index (χ4n) is 4.44. The largest absolute Gasteiger partial charge is 0.495 e. The van der Waals surface area contributed by atoms with Crippen LogP contribution in [0.3, 0.4) is 0 Å². The van der Waals surface area contributed by atoms with Crippen LogP contribution >= 0.6 is 31.9 Å². The number of aryl methyl sites for hydroxylation is 3. The highest BCUT2D eigenvalue weighted by Crippen LogP contribution is 2.48. The summed E-state index contributed by atoms with van der Waals surface area (Å²) in [4.78, 5) is 0. The molecule has 0 saturated heterocycles. The number of alkyl halides is 2. The Morgan fingerprint density at radius 2 is 0.886 bits per heavy atom. The molecule has 0 spiro atoms. The number of ether oxygens (including phenoxy) is 3. The molecule has 0 atom stereocenters. The molecule has 3 aromatic rings. The lowest BCUT2D eigenvalue weighted by atomic mass is 9.91. The van der Waals surface area contributed by atoms with Crippen molar-refractivity contribution in [3.8, 4) is 39.5 Å². The van der Waals surface area contributed by atoms with E-state index in [0.717, 1.165) is 56.2 Å². The van der Waals surface area contributed by atoms with E-state index >= 15 is 0 Å². The quantitative estimate of drug-likeness (QED) is 0.228. The minimum Gasteiger partial charge on any atom is -0.495 e. The summed E-state index contributed by atoms with van der Waals surface area (Å²) in [5, 5.41) is 1.42. The molecule has 35 heavy (non-hydrogen) atoms.